The van der Waals surface area contributed by atoms with Gasteiger partial charge in [0.15, 0.2) is 0 Å². The molecule has 3 nitrogen and oxygen atoms in total. The van der Waals surface area contributed by atoms with Crippen LogP contribution in [-0.2, 0) is 6.54 Å². The number of hydrogen-bond donors (Lipinski definition) is 1. The quantitative estimate of drug-likeness (QED) is 0.691. The average molecular weight is 346 g/mol. The highest BCUT2D eigenvalue weighted by atomic mass is 35.5. The van der Waals surface area contributed by atoms with E-state index in [2.05, 4.69) is 31.2 Å². The molecule has 120 valence electrons. The van der Waals surface area contributed by atoms with E-state index in [4.69, 9.17) is 10.8 Å². The Bertz CT molecular complexity index is 739. The predicted molar refractivity (Wildman–Crippen MR) is 101 cm³/mol. The number of thioether (sulfide) groups is 1. The summed E-state index contributed by atoms with van der Waals surface area (Å²) in [7, 11) is 0. The number of para-hydroxylation sites is 1. The van der Waals surface area contributed by atoms with Crippen LogP contribution in [0.2, 0.25) is 0 Å². The Kier molecular flexibility index (Phi) is 6.28. The average Bonchev–Trinajstić information content (AvgIpc) is 3.01. The van der Waals surface area contributed by atoms with Gasteiger partial charge in [-0.3, -0.25) is 0 Å². The largest absolute Gasteiger partial charge is 0.326 e. The summed E-state index contributed by atoms with van der Waals surface area (Å²) in [6.45, 7) is 2.64. The summed E-state index contributed by atoms with van der Waals surface area (Å²) in [6, 6.07) is 18.6. The fourth-order valence-electron chi connectivity index (χ4n) is 2.39. The van der Waals surface area contributed by atoms with Crippen molar-refractivity contribution in [2.75, 3.05) is 5.75 Å². The summed E-state index contributed by atoms with van der Waals surface area (Å²) >= 11 is 1.84. The Labute approximate surface area is 147 Å². The lowest BCUT2D eigenvalue weighted by molar-refractivity contribution is 0.883. The highest BCUT2D eigenvalue weighted by molar-refractivity contribution is 7.99. The SMILES string of the molecule is CCSc1ccc(-c2nn(-c3ccccc3)cc2CN)cc1.Cl. The minimum Gasteiger partial charge on any atom is -0.326 e. The molecule has 0 aliphatic carbocycles. The zero-order chi connectivity index (χ0) is 15.4. The molecule has 0 spiro atoms. The van der Waals surface area contributed by atoms with E-state index in [0.717, 1.165) is 28.3 Å². The van der Waals surface area contributed by atoms with Crippen LogP contribution in [0.1, 0.15) is 12.5 Å². The van der Waals surface area contributed by atoms with Crippen LogP contribution in [0, 0.1) is 0 Å². The van der Waals surface area contributed by atoms with Crippen LogP contribution in [0.4, 0.5) is 0 Å². The number of benzene rings is 2. The molecule has 0 atom stereocenters. The maximum atomic E-state index is 5.90. The van der Waals surface area contributed by atoms with Gasteiger partial charge in [0.1, 0.15) is 0 Å². The standard InChI is InChI=1S/C18H19N3S.ClH/c1-2-22-17-10-8-14(9-11-17)18-15(12-19)13-21(20-18)16-6-4-3-5-7-16;/h3-11,13H,2,12,19H2,1H3;1H. The van der Waals surface area contributed by atoms with Crippen LogP contribution in [0.3, 0.4) is 0 Å². The molecular weight excluding hydrogens is 326 g/mol. The first-order valence-corrected chi connectivity index (χ1v) is 8.37. The lowest BCUT2D eigenvalue weighted by Gasteiger charge is -2.03. The fourth-order valence-corrected chi connectivity index (χ4v) is 3.05. The summed E-state index contributed by atoms with van der Waals surface area (Å²) in [4.78, 5) is 1.28. The highest BCUT2D eigenvalue weighted by Crippen LogP contribution is 2.26. The summed E-state index contributed by atoms with van der Waals surface area (Å²) < 4.78 is 1.90. The monoisotopic (exact) mass is 345 g/mol. The summed E-state index contributed by atoms with van der Waals surface area (Å²) in [5.41, 5.74) is 10.1. The van der Waals surface area contributed by atoms with Gasteiger partial charge in [-0.15, -0.1) is 24.2 Å². The van der Waals surface area contributed by atoms with Crippen LogP contribution in [-0.4, -0.2) is 15.5 Å². The molecule has 0 aliphatic heterocycles. The van der Waals surface area contributed by atoms with Crippen molar-refractivity contribution >= 4 is 24.2 Å². The minimum atomic E-state index is 0. The smallest absolute Gasteiger partial charge is 0.0972 e. The lowest BCUT2D eigenvalue weighted by Crippen LogP contribution is -1.96. The first kappa shape index (κ1) is 17.6. The number of rotatable bonds is 5. The third kappa shape index (κ3) is 3.96. The number of nitrogens with zero attached hydrogens (tertiary/aromatic N) is 2. The van der Waals surface area contributed by atoms with Crippen molar-refractivity contribution in [2.24, 2.45) is 5.73 Å². The van der Waals surface area contributed by atoms with Crippen molar-refractivity contribution in [1.82, 2.24) is 9.78 Å². The number of nitrogens with two attached hydrogens (primary N) is 1. The Hall–Kier alpha value is -1.75. The Morgan fingerprint density at radius 2 is 1.74 bits per heavy atom. The third-order valence-corrected chi connectivity index (χ3v) is 4.36. The molecule has 2 aromatic carbocycles. The molecule has 3 aromatic rings. The Balaban J connectivity index is 0.00000192. The van der Waals surface area contributed by atoms with Crippen LogP contribution in [0.5, 0.6) is 0 Å². The van der Waals surface area contributed by atoms with E-state index in [0.29, 0.717) is 6.54 Å². The number of aromatic nitrogens is 2. The first-order valence-electron chi connectivity index (χ1n) is 7.39. The normalized spacial score (nSPS) is 10.3. The second-order valence-electron chi connectivity index (χ2n) is 4.94. The second kappa shape index (κ2) is 8.20. The van der Waals surface area contributed by atoms with Gasteiger partial charge in [0.05, 0.1) is 11.4 Å². The molecule has 5 heteroatoms. The van der Waals surface area contributed by atoms with E-state index in [9.17, 15) is 0 Å². The maximum absolute atomic E-state index is 5.90. The lowest BCUT2D eigenvalue weighted by atomic mass is 10.1. The van der Waals surface area contributed by atoms with Crippen LogP contribution in [0.15, 0.2) is 65.7 Å². The van der Waals surface area contributed by atoms with Crippen molar-refractivity contribution in [3.05, 3.63) is 66.4 Å². The van der Waals surface area contributed by atoms with Crippen molar-refractivity contribution in [3.63, 3.8) is 0 Å². The molecular formula is C18H20ClN3S. The van der Waals surface area contributed by atoms with Crippen LogP contribution >= 0.6 is 24.2 Å². The van der Waals surface area contributed by atoms with E-state index in [1.165, 1.54) is 4.90 Å². The molecule has 0 radical (unpaired) electrons. The van der Waals surface area contributed by atoms with Crippen LogP contribution in [0.25, 0.3) is 16.9 Å². The molecule has 1 heterocycles. The topological polar surface area (TPSA) is 43.8 Å². The summed E-state index contributed by atoms with van der Waals surface area (Å²) in [5, 5.41) is 4.73. The van der Waals surface area contributed by atoms with Gasteiger partial charge in [-0.05, 0) is 30.0 Å². The van der Waals surface area contributed by atoms with Crippen molar-refractivity contribution < 1.29 is 0 Å². The highest BCUT2D eigenvalue weighted by Gasteiger charge is 2.11. The van der Waals surface area contributed by atoms with Crippen molar-refractivity contribution in [3.8, 4) is 16.9 Å². The fraction of sp³-hybridized carbons (Fsp3) is 0.167. The molecule has 1 aromatic heterocycles. The number of halogens is 1. The van der Waals surface area contributed by atoms with Gasteiger partial charge in [0.25, 0.3) is 0 Å². The molecule has 0 amide bonds. The van der Waals surface area contributed by atoms with Crippen molar-refractivity contribution in [1.29, 1.82) is 0 Å². The van der Waals surface area contributed by atoms with Gasteiger partial charge in [-0.2, -0.15) is 5.10 Å². The van der Waals surface area contributed by atoms with Gasteiger partial charge in [-0.1, -0.05) is 37.3 Å². The maximum Gasteiger partial charge on any atom is 0.0972 e. The second-order valence-corrected chi connectivity index (χ2v) is 6.28. The number of hydrogen-bond acceptors (Lipinski definition) is 3. The van der Waals surface area contributed by atoms with Gasteiger partial charge < -0.3 is 5.73 Å². The Morgan fingerprint density at radius 1 is 1.04 bits per heavy atom. The van der Waals surface area contributed by atoms with E-state index in [-0.39, 0.29) is 12.4 Å². The molecule has 0 aliphatic rings. The predicted octanol–water partition coefficient (Wildman–Crippen LogP) is 4.53. The first-order chi connectivity index (χ1) is 10.8. The van der Waals surface area contributed by atoms with Gasteiger partial charge >= 0.3 is 0 Å². The van der Waals surface area contributed by atoms with Crippen LogP contribution < -0.4 is 5.73 Å². The molecule has 23 heavy (non-hydrogen) atoms. The van der Waals surface area contributed by atoms with E-state index in [1.54, 1.807) is 0 Å². The minimum absolute atomic E-state index is 0. The van der Waals surface area contributed by atoms with Gasteiger partial charge in [0, 0.05) is 28.8 Å². The zero-order valence-electron chi connectivity index (χ0n) is 13.0. The third-order valence-electron chi connectivity index (χ3n) is 3.47. The van der Waals surface area contributed by atoms with Crippen molar-refractivity contribution in [2.45, 2.75) is 18.4 Å². The zero-order valence-corrected chi connectivity index (χ0v) is 14.6. The summed E-state index contributed by atoms with van der Waals surface area (Å²) in [6.07, 6.45) is 2.01. The molecule has 3 rings (SSSR count). The molecule has 2 N–H and O–H groups in total. The van der Waals surface area contributed by atoms with Gasteiger partial charge in [-0.25, -0.2) is 4.68 Å². The molecule has 0 saturated heterocycles. The molecule has 0 unspecified atom stereocenters. The Morgan fingerprint density at radius 3 is 2.35 bits per heavy atom. The molecule has 0 bridgehead atoms. The van der Waals surface area contributed by atoms with E-state index < -0.39 is 0 Å². The molecule has 0 fully saturated rings. The van der Waals surface area contributed by atoms with Gasteiger partial charge in [0.2, 0.25) is 0 Å². The summed E-state index contributed by atoms with van der Waals surface area (Å²) in [5.74, 6) is 1.08. The molecule has 0 saturated carbocycles. The van der Waals surface area contributed by atoms with E-state index >= 15 is 0 Å². The van der Waals surface area contributed by atoms with E-state index in [1.807, 2.05) is 53.0 Å².